The fraction of sp³-hybridized carbons (Fsp3) is 0.714. The van der Waals surface area contributed by atoms with Gasteiger partial charge in [-0.15, -0.1) is 0 Å². The number of nitriles is 1. The minimum atomic E-state index is -0.427. The molecule has 0 saturated carbocycles. The Hall–Kier alpha value is -0.860. The average molecular weight is 327 g/mol. The molecule has 0 bridgehead atoms. The van der Waals surface area contributed by atoms with E-state index < -0.39 is 5.54 Å². The van der Waals surface area contributed by atoms with Gasteiger partial charge in [0, 0.05) is 12.2 Å². The second-order valence-corrected chi connectivity index (χ2v) is 5.98. The van der Waals surface area contributed by atoms with Crippen molar-refractivity contribution < 1.29 is 0 Å². The summed E-state index contributed by atoms with van der Waals surface area (Å²) in [5.41, 5.74) is 1.74. The van der Waals surface area contributed by atoms with Crippen LogP contribution in [0.2, 0.25) is 0 Å². The van der Waals surface area contributed by atoms with E-state index in [9.17, 15) is 5.26 Å². The molecular weight excluding hydrogens is 304 g/mol. The number of nitrogens with one attached hydrogen (secondary N) is 1. The first kappa shape index (κ1) is 16.2. The van der Waals surface area contributed by atoms with Gasteiger partial charge < -0.3 is 0 Å². The van der Waals surface area contributed by atoms with E-state index in [0.717, 1.165) is 48.2 Å². The van der Waals surface area contributed by atoms with Gasteiger partial charge in [0.2, 0.25) is 0 Å². The van der Waals surface area contributed by atoms with Crippen LogP contribution in [0.25, 0.3) is 0 Å². The van der Waals surface area contributed by atoms with Gasteiger partial charge in [0.25, 0.3) is 0 Å². The Kier molecular flexibility index (Phi) is 6.02. The molecule has 5 heteroatoms. The second kappa shape index (κ2) is 7.06. The summed E-state index contributed by atoms with van der Waals surface area (Å²) in [5, 5.41) is 17.1. The van der Waals surface area contributed by atoms with Gasteiger partial charge in [0.05, 0.1) is 16.2 Å². The van der Waals surface area contributed by atoms with Crippen LogP contribution in [0.4, 0.5) is 0 Å². The van der Waals surface area contributed by atoms with E-state index in [1.807, 2.05) is 18.5 Å². The van der Waals surface area contributed by atoms with E-state index in [2.05, 4.69) is 46.3 Å². The molecule has 106 valence electrons. The van der Waals surface area contributed by atoms with Crippen LogP contribution in [0, 0.1) is 25.2 Å². The molecule has 0 radical (unpaired) electrons. The van der Waals surface area contributed by atoms with Crippen molar-refractivity contribution in [3.05, 3.63) is 15.9 Å². The molecule has 0 aliphatic rings. The monoisotopic (exact) mass is 326 g/mol. The van der Waals surface area contributed by atoms with Crippen molar-refractivity contribution >= 4 is 15.9 Å². The van der Waals surface area contributed by atoms with Crippen molar-refractivity contribution in [3.8, 4) is 6.07 Å². The van der Waals surface area contributed by atoms with Gasteiger partial charge in [-0.25, -0.2) is 0 Å². The molecule has 1 rings (SSSR count). The number of halogens is 1. The van der Waals surface area contributed by atoms with Crippen LogP contribution in [-0.2, 0) is 6.54 Å². The van der Waals surface area contributed by atoms with Gasteiger partial charge in [-0.05, 0) is 62.5 Å². The summed E-state index contributed by atoms with van der Waals surface area (Å²) in [6.07, 6.45) is 2.82. The van der Waals surface area contributed by atoms with Crippen LogP contribution in [-0.4, -0.2) is 21.9 Å². The van der Waals surface area contributed by atoms with Crippen LogP contribution in [0.1, 0.15) is 44.5 Å². The highest BCUT2D eigenvalue weighted by atomic mass is 79.9. The Bertz CT molecular complexity index is 461. The molecule has 0 spiro atoms. The highest BCUT2D eigenvalue weighted by Crippen LogP contribution is 2.20. The molecule has 0 aromatic carbocycles. The first-order chi connectivity index (χ1) is 8.93. The van der Waals surface area contributed by atoms with Gasteiger partial charge in [0.15, 0.2) is 0 Å². The largest absolute Gasteiger partial charge is 0.300 e. The maximum atomic E-state index is 9.27. The van der Waals surface area contributed by atoms with Crippen molar-refractivity contribution in [2.75, 3.05) is 6.54 Å². The van der Waals surface area contributed by atoms with Crippen LogP contribution >= 0.6 is 15.9 Å². The molecule has 1 atom stereocenters. The summed E-state index contributed by atoms with van der Waals surface area (Å²) in [6, 6.07) is 2.38. The molecule has 1 aromatic heterocycles. The number of aromatic nitrogens is 2. The summed E-state index contributed by atoms with van der Waals surface area (Å²) < 4.78 is 3.09. The van der Waals surface area contributed by atoms with Gasteiger partial charge in [0.1, 0.15) is 5.54 Å². The molecule has 0 fully saturated rings. The standard InChI is InChI=1S/C14H23BrN4/c1-5-8-17-14(4,10-16)7-6-9-19-12(3)13(15)11(2)18-19/h17H,5-9H2,1-4H3. The maximum Gasteiger partial charge on any atom is 0.103 e. The third kappa shape index (κ3) is 4.32. The predicted octanol–water partition coefficient (Wildman–Crippen LogP) is 3.32. The summed E-state index contributed by atoms with van der Waals surface area (Å²) >= 11 is 3.53. The lowest BCUT2D eigenvalue weighted by molar-refractivity contribution is 0.388. The normalized spacial score (nSPS) is 14.1. The van der Waals surface area contributed by atoms with Crippen LogP contribution in [0.15, 0.2) is 4.47 Å². The molecule has 1 unspecified atom stereocenters. The van der Waals surface area contributed by atoms with Crippen LogP contribution in [0.5, 0.6) is 0 Å². The Balaban J connectivity index is 2.53. The lowest BCUT2D eigenvalue weighted by Crippen LogP contribution is -2.41. The Morgan fingerprint density at radius 2 is 2.16 bits per heavy atom. The molecule has 1 heterocycles. The SMILES string of the molecule is CCCNC(C)(C#N)CCCn1nc(C)c(Br)c1C. The third-order valence-electron chi connectivity index (χ3n) is 3.35. The highest BCUT2D eigenvalue weighted by Gasteiger charge is 2.22. The van der Waals surface area contributed by atoms with Crippen molar-refractivity contribution in [2.45, 2.75) is 59.0 Å². The second-order valence-electron chi connectivity index (χ2n) is 5.18. The molecule has 4 nitrogen and oxygen atoms in total. The van der Waals surface area contributed by atoms with Crippen molar-refractivity contribution in [3.63, 3.8) is 0 Å². The topological polar surface area (TPSA) is 53.6 Å². The van der Waals surface area contributed by atoms with E-state index in [0.29, 0.717) is 0 Å². The number of hydrogen-bond acceptors (Lipinski definition) is 3. The van der Waals surface area contributed by atoms with Gasteiger partial charge in [-0.3, -0.25) is 10.00 Å². The zero-order valence-corrected chi connectivity index (χ0v) is 13.8. The van der Waals surface area contributed by atoms with Crippen molar-refractivity contribution in [1.29, 1.82) is 5.26 Å². The van der Waals surface area contributed by atoms with E-state index >= 15 is 0 Å². The highest BCUT2D eigenvalue weighted by molar-refractivity contribution is 9.10. The minimum absolute atomic E-state index is 0.427. The summed E-state index contributed by atoms with van der Waals surface area (Å²) in [4.78, 5) is 0. The average Bonchev–Trinajstić information content (AvgIpc) is 2.64. The van der Waals surface area contributed by atoms with E-state index in [4.69, 9.17) is 0 Å². The first-order valence-electron chi connectivity index (χ1n) is 6.79. The number of nitrogens with zero attached hydrogens (tertiary/aromatic N) is 3. The zero-order valence-electron chi connectivity index (χ0n) is 12.3. The minimum Gasteiger partial charge on any atom is -0.300 e. The Morgan fingerprint density at radius 1 is 1.47 bits per heavy atom. The lowest BCUT2D eigenvalue weighted by Gasteiger charge is -2.23. The van der Waals surface area contributed by atoms with E-state index in [-0.39, 0.29) is 0 Å². The fourth-order valence-electron chi connectivity index (χ4n) is 2.06. The van der Waals surface area contributed by atoms with Gasteiger partial charge in [-0.1, -0.05) is 6.92 Å². The number of hydrogen-bond donors (Lipinski definition) is 1. The molecule has 0 aliphatic heterocycles. The Morgan fingerprint density at radius 3 is 2.63 bits per heavy atom. The fourth-order valence-corrected chi connectivity index (χ4v) is 2.34. The van der Waals surface area contributed by atoms with Gasteiger partial charge in [-0.2, -0.15) is 10.4 Å². The number of rotatable bonds is 7. The van der Waals surface area contributed by atoms with Crippen molar-refractivity contribution in [1.82, 2.24) is 15.1 Å². The maximum absolute atomic E-state index is 9.27. The molecule has 0 aliphatic carbocycles. The number of aryl methyl sites for hydroxylation is 2. The molecular formula is C14H23BrN4. The summed E-state index contributed by atoms with van der Waals surface area (Å²) in [5.74, 6) is 0. The molecule has 19 heavy (non-hydrogen) atoms. The third-order valence-corrected chi connectivity index (χ3v) is 4.50. The zero-order chi connectivity index (χ0) is 14.5. The molecule has 1 N–H and O–H groups in total. The van der Waals surface area contributed by atoms with Crippen LogP contribution < -0.4 is 5.32 Å². The van der Waals surface area contributed by atoms with E-state index in [1.165, 1.54) is 0 Å². The lowest BCUT2D eigenvalue weighted by atomic mass is 9.97. The predicted molar refractivity (Wildman–Crippen MR) is 80.9 cm³/mol. The van der Waals surface area contributed by atoms with E-state index in [1.54, 1.807) is 0 Å². The first-order valence-corrected chi connectivity index (χ1v) is 7.58. The summed E-state index contributed by atoms with van der Waals surface area (Å²) in [6.45, 7) is 9.87. The molecule has 0 saturated heterocycles. The molecule has 0 amide bonds. The summed E-state index contributed by atoms with van der Waals surface area (Å²) in [7, 11) is 0. The smallest absolute Gasteiger partial charge is 0.103 e. The molecule has 1 aromatic rings. The quantitative estimate of drug-likeness (QED) is 0.836. The van der Waals surface area contributed by atoms with Gasteiger partial charge >= 0.3 is 0 Å². The van der Waals surface area contributed by atoms with Crippen LogP contribution in [0.3, 0.4) is 0 Å². The Labute approximate surface area is 124 Å². The van der Waals surface area contributed by atoms with Crippen molar-refractivity contribution in [2.24, 2.45) is 0 Å².